The quantitative estimate of drug-likeness (QED) is 0.280. The van der Waals surface area contributed by atoms with Crippen molar-refractivity contribution in [2.45, 2.75) is 96.4 Å². The van der Waals surface area contributed by atoms with Gasteiger partial charge < -0.3 is 13.9 Å². The lowest BCUT2D eigenvalue weighted by Crippen LogP contribution is -2.40. The summed E-state index contributed by atoms with van der Waals surface area (Å²) in [6.45, 7) is 13.1. The van der Waals surface area contributed by atoms with Crippen molar-refractivity contribution in [1.29, 1.82) is 0 Å². The summed E-state index contributed by atoms with van der Waals surface area (Å²) in [7, 11) is -0.114. The van der Waals surface area contributed by atoms with Gasteiger partial charge in [0, 0.05) is 13.2 Å². The molecule has 1 aliphatic heterocycles. The second kappa shape index (κ2) is 10.7. The molecule has 1 saturated heterocycles. The van der Waals surface area contributed by atoms with E-state index in [-0.39, 0.29) is 23.0 Å². The molecule has 0 spiro atoms. The van der Waals surface area contributed by atoms with E-state index in [1.54, 1.807) is 0 Å². The van der Waals surface area contributed by atoms with Crippen molar-refractivity contribution in [3.8, 4) is 0 Å². The Morgan fingerprint density at radius 3 is 2.36 bits per heavy atom. The van der Waals surface area contributed by atoms with Crippen molar-refractivity contribution in [2.24, 2.45) is 5.92 Å². The molecular weight excluding hydrogens is 332 g/mol. The van der Waals surface area contributed by atoms with Gasteiger partial charge in [-0.25, -0.2) is 0 Å². The predicted molar refractivity (Wildman–Crippen MR) is 105 cm³/mol. The summed E-state index contributed by atoms with van der Waals surface area (Å²) in [5.41, 5.74) is 0. The van der Waals surface area contributed by atoms with Crippen LogP contribution in [0.25, 0.3) is 0 Å². The Balaban J connectivity index is 2.13. The van der Waals surface area contributed by atoms with Crippen LogP contribution in [0, 0.1) is 5.92 Å². The Kier molecular flexibility index (Phi) is 9.68. The second-order valence-corrected chi connectivity index (χ2v) is 13.7. The van der Waals surface area contributed by atoms with Crippen LogP contribution in [0.3, 0.4) is 0 Å². The van der Waals surface area contributed by atoms with Crippen molar-refractivity contribution in [3.05, 3.63) is 0 Å². The Bertz CT molecular complexity index is 384. The van der Waals surface area contributed by atoms with Crippen molar-refractivity contribution in [3.63, 3.8) is 0 Å². The number of carbonyl (C=O) groups excluding carboxylic acids is 1. The summed E-state index contributed by atoms with van der Waals surface area (Å²) in [4.78, 5) is 12.0. The molecule has 0 aromatic rings. The van der Waals surface area contributed by atoms with E-state index in [0.29, 0.717) is 0 Å². The van der Waals surface area contributed by atoms with Crippen molar-refractivity contribution in [2.75, 3.05) is 20.3 Å². The first-order valence-corrected chi connectivity index (χ1v) is 12.9. The van der Waals surface area contributed by atoms with Crippen LogP contribution in [-0.4, -0.2) is 40.7 Å². The average Bonchev–Trinajstić information content (AvgIpc) is 3.05. The maximum absolute atomic E-state index is 12.0. The monoisotopic (exact) mass is 372 g/mol. The first kappa shape index (κ1) is 22.6. The molecule has 0 radical (unpaired) electrons. The Labute approximate surface area is 156 Å². The lowest BCUT2D eigenvalue weighted by Gasteiger charge is -2.36. The van der Waals surface area contributed by atoms with Gasteiger partial charge in [0.15, 0.2) is 8.32 Å². The summed E-state index contributed by atoms with van der Waals surface area (Å²) in [6, 6.07) is 0. The van der Waals surface area contributed by atoms with E-state index >= 15 is 0 Å². The highest BCUT2D eigenvalue weighted by Crippen LogP contribution is 2.36. The lowest BCUT2D eigenvalue weighted by molar-refractivity contribution is -0.150. The number of hydrogen-bond donors (Lipinski definition) is 0. The molecule has 1 heterocycles. The van der Waals surface area contributed by atoms with Gasteiger partial charge in [0.1, 0.15) is 0 Å². The minimum absolute atomic E-state index is 0.0745. The highest BCUT2D eigenvalue weighted by Gasteiger charge is 2.36. The fourth-order valence-corrected chi connectivity index (χ4v) is 4.15. The molecule has 0 aliphatic carbocycles. The molecule has 2 unspecified atom stereocenters. The SMILES string of the molecule is COC(=O)C(CCCCCCCO[Si](C)(C)C(C)(C)C)C1CCCO1. The number of rotatable bonds is 11. The third kappa shape index (κ3) is 7.79. The van der Waals surface area contributed by atoms with Gasteiger partial charge in [0.25, 0.3) is 0 Å². The van der Waals surface area contributed by atoms with Gasteiger partial charge >= 0.3 is 5.97 Å². The predicted octanol–water partition coefficient (Wildman–Crippen LogP) is 5.32. The molecule has 0 N–H and O–H groups in total. The topological polar surface area (TPSA) is 44.8 Å². The first-order chi connectivity index (χ1) is 11.7. The lowest BCUT2D eigenvalue weighted by atomic mass is 9.93. The summed E-state index contributed by atoms with van der Waals surface area (Å²) in [6.07, 6.45) is 8.80. The van der Waals surface area contributed by atoms with E-state index in [9.17, 15) is 4.79 Å². The molecule has 2 atom stereocenters. The summed E-state index contributed by atoms with van der Waals surface area (Å²) in [5.74, 6) is -0.177. The van der Waals surface area contributed by atoms with Crippen LogP contribution in [0.4, 0.5) is 0 Å². The number of ether oxygens (including phenoxy) is 2. The number of carbonyl (C=O) groups is 1. The van der Waals surface area contributed by atoms with Crippen LogP contribution in [0.5, 0.6) is 0 Å². The number of esters is 1. The molecule has 1 rings (SSSR count). The molecule has 0 saturated carbocycles. The maximum Gasteiger partial charge on any atom is 0.311 e. The van der Waals surface area contributed by atoms with Crippen LogP contribution in [0.15, 0.2) is 0 Å². The number of hydrogen-bond acceptors (Lipinski definition) is 4. The highest BCUT2D eigenvalue weighted by atomic mass is 28.4. The molecule has 5 heteroatoms. The van der Waals surface area contributed by atoms with E-state index in [1.165, 1.54) is 26.4 Å². The molecule has 0 bridgehead atoms. The summed E-state index contributed by atoms with van der Waals surface area (Å²) in [5, 5.41) is 0.290. The zero-order valence-corrected chi connectivity index (χ0v) is 18.4. The maximum atomic E-state index is 12.0. The van der Waals surface area contributed by atoms with Crippen molar-refractivity contribution in [1.82, 2.24) is 0 Å². The molecule has 1 aliphatic rings. The number of methoxy groups -OCH3 is 1. The molecule has 0 aromatic carbocycles. The van der Waals surface area contributed by atoms with Gasteiger partial charge in [0.2, 0.25) is 0 Å². The average molecular weight is 373 g/mol. The van der Waals surface area contributed by atoms with E-state index in [4.69, 9.17) is 13.9 Å². The van der Waals surface area contributed by atoms with Gasteiger partial charge in [-0.3, -0.25) is 4.79 Å². The molecule has 148 valence electrons. The molecular formula is C20H40O4Si. The van der Waals surface area contributed by atoms with Crippen molar-refractivity contribution < 1.29 is 18.7 Å². The van der Waals surface area contributed by atoms with E-state index in [0.717, 1.165) is 45.3 Å². The van der Waals surface area contributed by atoms with E-state index in [2.05, 4.69) is 33.9 Å². The van der Waals surface area contributed by atoms with Crippen LogP contribution in [0.1, 0.15) is 72.1 Å². The van der Waals surface area contributed by atoms with Gasteiger partial charge in [-0.1, -0.05) is 46.5 Å². The number of unbranched alkanes of at least 4 members (excludes halogenated alkanes) is 4. The van der Waals surface area contributed by atoms with E-state index < -0.39 is 8.32 Å². The minimum Gasteiger partial charge on any atom is -0.469 e. The largest absolute Gasteiger partial charge is 0.469 e. The summed E-state index contributed by atoms with van der Waals surface area (Å²) < 4.78 is 16.9. The van der Waals surface area contributed by atoms with Crippen LogP contribution in [-0.2, 0) is 18.7 Å². The van der Waals surface area contributed by atoms with Crippen LogP contribution < -0.4 is 0 Å². The fourth-order valence-electron chi connectivity index (χ4n) is 3.07. The molecule has 25 heavy (non-hydrogen) atoms. The van der Waals surface area contributed by atoms with Crippen LogP contribution in [0.2, 0.25) is 18.1 Å². The fraction of sp³-hybridized carbons (Fsp3) is 0.950. The van der Waals surface area contributed by atoms with Crippen molar-refractivity contribution >= 4 is 14.3 Å². The van der Waals surface area contributed by atoms with Gasteiger partial charge in [-0.15, -0.1) is 0 Å². The first-order valence-electron chi connectivity index (χ1n) is 10.0. The third-order valence-electron chi connectivity index (χ3n) is 5.85. The highest BCUT2D eigenvalue weighted by molar-refractivity contribution is 6.74. The molecule has 4 nitrogen and oxygen atoms in total. The normalized spacial score (nSPS) is 19.8. The minimum atomic E-state index is -1.59. The van der Waals surface area contributed by atoms with E-state index in [1.807, 2.05) is 0 Å². The molecule has 1 fully saturated rings. The van der Waals surface area contributed by atoms with Crippen LogP contribution >= 0.6 is 0 Å². The standard InChI is InChI=1S/C20H40O4Si/c1-20(2,3)25(5,6)24-16-11-9-7-8-10-13-17(19(21)22-4)18-14-12-15-23-18/h17-18H,7-16H2,1-6H3. The third-order valence-corrected chi connectivity index (χ3v) is 10.4. The Morgan fingerprint density at radius 2 is 1.80 bits per heavy atom. The van der Waals surface area contributed by atoms with Gasteiger partial charge in [-0.05, 0) is 43.8 Å². The summed E-state index contributed by atoms with van der Waals surface area (Å²) >= 11 is 0. The second-order valence-electron chi connectivity index (χ2n) is 8.85. The smallest absolute Gasteiger partial charge is 0.311 e. The Hall–Kier alpha value is -0.393. The van der Waals surface area contributed by atoms with Gasteiger partial charge in [-0.2, -0.15) is 0 Å². The zero-order chi connectivity index (χ0) is 18.9. The van der Waals surface area contributed by atoms with Gasteiger partial charge in [0.05, 0.1) is 19.1 Å². The Morgan fingerprint density at radius 1 is 1.16 bits per heavy atom. The molecule has 0 aromatic heterocycles. The molecule has 0 amide bonds. The zero-order valence-electron chi connectivity index (χ0n) is 17.4.